The van der Waals surface area contributed by atoms with Crippen LogP contribution in [0.25, 0.3) is 6.08 Å². The number of esters is 1. The van der Waals surface area contributed by atoms with Crippen LogP contribution in [0, 0.1) is 0 Å². The van der Waals surface area contributed by atoms with Gasteiger partial charge in [0.05, 0.1) is 18.5 Å². The van der Waals surface area contributed by atoms with E-state index in [2.05, 4.69) is 10.5 Å². The monoisotopic (exact) mass is 348 g/mol. The Kier molecular flexibility index (Phi) is 6.77. The van der Waals surface area contributed by atoms with Crippen molar-refractivity contribution in [3.8, 4) is 0 Å². The van der Waals surface area contributed by atoms with Crippen molar-refractivity contribution in [3.63, 3.8) is 0 Å². The van der Waals surface area contributed by atoms with Crippen molar-refractivity contribution in [1.82, 2.24) is 0 Å². The van der Waals surface area contributed by atoms with E-state index in [0.29, 0.717) is 10.6 Å². The predicted molar refractivity (Wildman–Crippen MR) is 80.3 cm³/mol. The van der Waals surface area contributed by atoms with Crippen molar-refractivity contribution in [2.75, 3.05) is 12.0 Å². The zero-order chi connectivity index (χ0) is 17.5. The SMILES string of the molecule is CCOC(=O)/C=C/c1cc(NN=CC(=O)C(F)(F)F)ccc1Cl. The van der Waals surface area contributed by atoms with Crippen molar-refractivity contribution in [2.24, 2.45) is 5.10 Å². The standard InChI is InChI=1S/C14H12ClF3N2O3/c1-2-23-13(22)6-3-9-7-10(4-5-11(9)15)20-19-8-12(21)14(16,17)18/h3-8,20H,2H2,1H3/b6-3+,19-8?. The van der Waals surface area contributed by atoms with Gasteiger partial charge in [-0.25, -0.2) is 4.79 Å². The second-order valence-electron chi connectivity index (χ2n) is 4.05. The molecule has 0 aliphatic carbocycles. The number of carbonyl (C=O) groups is 2. The van der Waals surface area contributed by atoms with Gasteiger partial charge in [0.15, 0.2) is 0 Å². The number of nitrogens with zero attached hydrogens (tertiary/aromatic N) is 1. The lowest BCUT2D eigenvalue weighted by molar-refractivity contribution is -0.162. The van der Waals surface area contributed by atoms with Gasteiger partial charge >= 0.3 is 12.1 Å². The van der Waals surface area contributed by atoms with E-state index < -0.39 is 17.9 Å². The van der Waals surface area contributed by atoms with Crippen LogP contribution in [0.5, 0.6) is 0 Å². The van der Waals surface area contributed by atoms with Gasteiger partial charge in [-0.15, -0.1) is 0 Å². The molecule has 1 rings (SSSR count). The van der Waals surface area contributed by atoms with Gasteiger partial charge in [-0.2, -0.15) is 18.3 Å². The Bertz CT molecular complexity index is 643. The fourth-order valence-electron chi connectivity index (χ4n) is 1.33. The highest BCUT2D eigenvalue weighted by Crippen LogP contribution is 2.22. The maximum Gasteiger partial charge on any atom is 0.455 e. The summed E-state index contributed by atoms with van der Waals surface area (Å²) in [5.41, 5.74) is 2.97. The molecule has 0 amide bonds. The van der Waals surface area contributed by atoms with Crippen molar-refractivity contribution >= 4 is 41.3 Å². The number of ketones is 1. The number of Topliss-reactive ketones (excluding diaryl/α,β-unsaturated/α-hetero) is 1. The van der Waals surface area contributed by atoms with Gasteiger partial charge in [-0.05, 0) is 36.8 Å². The first kappa shape index (κ1) is 18.7. The summed E-state index contributed by atoms with van der Waals surface area (Å²) in [6.07, 6.45) is -2.30. The average Bonchev–Trinajstić information content (AvgIpc) is 2.46. The van der Waals surface area contributed by atoms with Crippen LogP contribution in [0.15, 0.2) is 29.4 Å². The number of carbonyl (C=O) groups excluding carboxylic acids is 2. The maximum absolute atomic E-state index is 12.0. The van der Waals surface area contributed by atoms with Crippen molar-refractivity contribution in [2.45, 2.75) is 13.1 Å². The highest BCUT2D eigenvalue weighted by atomic mass is 35.5. The van der Waals surface area contributed by atoms with Crippen LogP contribution in [0.1, 0.15) is 12.5 Å². The lowest BCUT2D eigenvalue weighted by atomic mass is 10.2. The van der Waals surface area contributed by atoms with Gasteiger partial charge in [0.25, 0.3) is 5.78 Å². The number of hydrogen-bond donors (Lipinski definition) is 1. The summed E-state index contributed by atoms with van der Waals surface area (Å²) in [5, 5.41) is 3.51. The lowest BCUT2D eigenvalue weighted by Gasteiger charge is -2.04. The van der Waals surface area contributed by atoms with Gasteiger partial charge in [0.1, 0.15) is 0 Å². The van der Waals surface area contributed by atoms with Gasteiger partial charge < -0.3 is 4.74 Å². The quantitative estimate of drug-likeness (QED) is 0.370. The number of anilines is 1. The maximum atomic E-state index is 12.0. The highest BCUT2D eigenvalue weighted by Gasteiger charge is 2.36. The Morgan fingerprint density at radius 3 is 2.70 bits per heavy atom. The summed E-state index contributed by atoms with van der Waals surface area (Å²) < 4.78 is 40.7. The molecule has 1 N–H and O–H groups in total. The molecule has 0 heterocycles. The third-order valence-electron chi connectivity index (χ3n) is 2.34. The van der Waals surface area contributed by atoms with Crippen LogP contribution in [0.3, 0.4) is 0 Å². The Morgan fingerprint density at radius 2 is 2.09 bits per heavy atom. The van der Waals surface area contributed by atoms with Crippen molar-refractivity contribution in [3.05, 3.63) is 34.9 Å². The zero-order valence-electron chi connectivity index (χ0n) is 11.9. The molecular weight excluding hydrogens is 337 g/mol. The van der Waals surface area contributed by atoms with E-state index in [-0.39, 0.29) is 18.5 Å². The smallest absolute Gasteiger partial charge is 0.455 e. The molecule has 0 aliphatic heterocycles. The van der Waals surface area contributed by atoms with Crippen LogP contribution >= 0.6 is 11.6 Å². The summed E-state index contributed by atoms with van der Waals surface area (Å²) in [7, 11) is 0. The fourth-order valence-corrected chi connectivity index (χ4v) is 1.51. The summed E-state index contributed by atoms with van der Waals surface area (Å²) in [6, 6.07) is 4.34. The molecule has 5 nitrogen and oxygen atoms in total. The van der Waals surface area contributed by atoms with Gasteiger partial charge in [0.2, 0.25) is 0 Å². The van der Waals surface area contributed by atoms with E-state index in [9.17, 15) is 22.8 Å². The third-order valence-corrected chi connectivity index (χ3v) is 2.68. The van der Waals surface area contributed by atoms with Crippen LogP contribution in [0.2, 0.25) is 5.02 Å². The zero-order valence-corrected chi connectivity index (χ0v) is 12.6. The second-order valence-corrected chi connectivity index (χ2v) is 4.46. The molecule has 23 heavy (non-hydrogen) atoms. The number of ether oxygens (including phenoxy) is 1. The number of halogens is 4. The summed E-state index contributed by atoms with van der Waals surface area (Å²) in [4.78, 5) is 21.8. The van der Waals surface area contributed by atoms with Crippen LogP contribution in [0.4, 0.5) is 18.9 Å². The number of rotatable bonds is 6. The van der Waals surface area contributed by atoms with Crippen molar-refractivity contribution < 1.29 is 27.5 Å². The van der Waals surface area contributed by atoms with Gasteiger partial charge in [-0.1, -0.05) is 11.6 Å². The minimum atomic E-state index is -4.97. The first-order valence-corrected chi connectivity index (χ1v) is 6.66. The molecule has 0 atom stereocenters. The number of nitrogens with one attached hydrogen (secondary N) is 1. The first-order chi connectivity index (χ1) is 10.7. The molecule has 0 bridgehead atoms. The average molecular weight is 349 g/mol. The number of hydrazone groups is 1. The normalized spacial score (nSPS) is 11.9. The molecule has 1 aromatic rings. The molecule has 0 aliphatic rings. The summed E-state index contributed by atoms with van der Waals surface area (Å²) in [6.45, 7) is 1.88. The van der Waals surface area contributed by atoms with Crippen LogP contribution in [-0.4, -0.2) is 30.8 Å². The number of hydrogen-bond acceptors (Lipinski definition) is 5. The number of benzene rings is 1. The Labute approximate surface area is 134 Å². The molecule has 0 saturated carbocycles. The van der Waals surface area contributed by atoms with Crippen LogP contribution in [-0.2, 0) is 14.3 Å². The van der Waals surface area contributed by atoms with E-state index in [1.807, 2.05) is 0 Å². The molecule has 124 valence electrons. The fraction of sp³-hybridized carbons (Fsp3) is 0.214. The molecule has 0 unspecified atom stereocenters. The first-order valence-electron chi connectivity index (χ1n) is 6.28. The topological polar surface area (TPSA) is 67.8 Å². The van der Waals surface area contributed by atoms with Crippen LogP contribution < -0.4 is 5.43 Å². The number of alkyl halides is 3. The molecule has 0 radical (unpaired) electrons. The highest BCUT2D eigenvalue weighted by molar-refractivity contribution is 6.32. The second kappa shape index (κ2) is 8.33. The largest absolute Gasteiger partial charge is 0.463 e. The van der Waals surface area contributed by atoms with E-state index in [4.69, 9.17) is 16.3 Å². The van der Waals surface area contributed by atoms with E-state index in [1.165, 1.54) is 24.3 Å². The van der Waals surface area contributed by atoms with Crippen molar-refractivity contribution in [1.29, 1.82) is 0 Å². The van der Waals surface area contributed by atoms with E-state index in [1.54, 1.807) is 6.92 Å². The molecule has 1 aromatic carbocycles. The minimum absolute atomic E-state index is 0.128. The molecular formula is C14H12ClF3N2O3. The Hall–Kier alpha value is -2.35. The third kappa shape index (κ3) is 6.52. The molecule has 0 aromatic heterocycles. The summed E-state index contributed by atoms with van der Waals surface area (Å²) >= 11 is 5.93. The van der Waals surface area contributed by atoms with Gasteiger partial charge in [-0.3, -0.25) is 10.2 Å². The van der Waals surface area contributed by atoms with E-state index >= 15 is 0 Å². The molecule has 0 saturated heterocycles. The Morgan fingerprint density at radius 1 is 1.39 bits per heavy atom. The molecule has 0 spiro atoms. The Balaban J connectivity index is 2.79. The minimum Gasteiger partial charge on any atom is -0.463 e. The molecule has 9 heteroatoms. The lowest BCUT2D eigenvalue weighted by Crippen LogP contribution is -2.23. The predicted octanol–water partition coefficient (Wildman–Crippen LogP) is 3.45. The van der Waals surface area contributed by atoms with Gasteiger partial charge in [0, 0.05) is 11.1 Å². The molecule has 0 fully saturated rings. The van der Waals surface area contributed by atoms with E-state index in [0.717, 1.165) is 6.08 Å². The summed E-state index contributed by atoms with van der Waals surface area (Å²) in [5.74, 6) is -2.64.